The third-order valence-corrected chi connectivity index (χ3v) is 5.73. The second-order valence-electron chi connectivity index (χ2n) is 5.72. The van der Waals surface area contributed by atoms with Crippen LogP contribution >= 0.6 is 23.1 Å². The summed E-state index contributed by atoms with van der Waals surface area (Å²) >= 11 is 3.28. The molecule has 8 heteroatoms. The van der Waals surface area contributed by atoms with E-state index in [4.69, 9.17) is 9.47 Å². The summed E-state index contributed by atoms with van der Waals surface area (Å²) in [6.07, 6.45) is 0. The zero-order valence-corrected chi connectivity index (χ0v) is 16.4. The summed E-state index contributed by atoms with van der Waals surface area (Å²) in [6.45, 7) is 0.366. The van der Waals surface area contributed by atoms with Crippen molar-refractivity contribution in [3.63, 3.8) is 0 Å². The van der Waals surface area contributed by atoms with Crippen molar-refractivity contribution in [3.8, 4) is 11.5 Å². The van der Waals surface area contributed by atoms with Crippen LogP contribution in [-0.2, 0) is 18.1 Å². The van der Waals surface area contributed by atoms with Gasteiger partial charge in [0.1, 0.15) is 6.61 Å². The Morgan fingerprint density at radius 2 is 1.74 bits per heavy atom. The molecule has 4 aromatic rings. The minimum atomic E-state index is 0.366. The second kappa shape index (κ2) is 8.41. The van der Waals surface area contributed by atoms with Crippen LogP contribution in [0.25, 0.3) is 4.96 Å². The van der Waals surface area contributed by atoms with Crippen molar-refractivity contribution in [2.24, 2.45) is 0 Å². The van der Waals surface area contributed by atoms with Gasteiger partial charge >= 0.3 is 0 Å². The standard InChI is InChI=1S/C19H18N4O2S2/c1-24-15-9-5-6-10-16(15)25-11-18-22-23-17(20-21-19(23)27-18)13-26-12-14-7-3-2-4-8-14/h2-10H,11-13H2,1H3. The Morgan fingerprint density at radius 1 is 0.963 bits per heavy atom. The molecular weight excluding hydrogens is 380 g/mol. The molecule has 0 saturated heterocycles. The van der Waals surface area contributed by atoms with Crippen LogP contribution in [0.3, 0.4) is 0 Å². The van der Waals surface area contributed by atoms with Gasteiger partial charge in [0.2, 0.25) is 4.96 Å². The van der Waals surface area contributed by atoms with Crippen LogP contribution in [0.1, 0.15) is 16.4 Å². The molecule has 0 atom stereocenters. The second-order valence-corrected chi connectivity index (χ2v) is 7.75. The Kier molecular flexibility index (Phi) is 5.55. The van der Waals surface area contributed by atoms with Crippen LogP contribution in [0.5, 0.6) is 11.5 Å². The number of hydrogen-bond donors (Lipinski definition) is 0. The average molecular weight is 399 g/mol. The fraction of sp³-hybridized carbons (Fsp3) is 0.211. The van der Waals surface area contributed by atoms with Crippen molar-refractivity contribution >= 4 is 28.1 Å². The SMILES string of the molecule is COc1ccccc1OCc1nn2c(CSCc3ccccc3)nnc2s1. The fourth-order valence-electron chi connectivity index (χ4n) is 2.56. The molecule has 27 heavy (non-hydrogen) atoms. The number of aromatic nitrogens is 4. The van der Waals surface area contributed by atoms with Crippen molar-refractivity contribution in [1.82, 2.24) is 19.8 Å². The lowest BCUT2D eigenvalue weighted by Gasteiger charge is -2.08. The van der Waals surface area contributed by atoms with Gasteiger partial charge in [-0.1, -0.05) is 53.8 Å². The maximum Gasteiger partial charge on any atom is 0.234 e. The van der Waals surface area contributed by atoms with Gasteiger partial charge < -0.3 is 9.47 Å². The van der Waals surface area contributed by atoms with Crippen LogP contribution < -0.4 is 9.47 Å². The summed E-state index contributed by atoms with van der Waals surface area (Å²) in [5.41, 5.74) is 1.30. The molecule has 2 heterocycles. The molecule has 0 bridgehead atoms. The molecule has 2 aromatic carbocycles. The van der Waals surface area contributed by atoms with Gasteiger partial charge in [-0.3, -0.25) is 0 Å². The number of fused-ring (bicyclic) bond motifs is 1. The molecule has 0 saturated carbocycles. The quantitative estimate of drug-likeness (QED) is 0.443. The highest BCUT2D eigenvalue weighted by Gasteiger charge is 2.13. The summed E-state index contributed by atoms with van der Waals surface area (Å²) in [5.74, 6) is 3.95. The third-order valence-electron chi connectivity index (χ3n) is 3.86. The van der Waals surface area contributed by atoms with Gasteiger partial charge in [-0.2, -0.15) is 9.61 Å². The summed E-state index contributed by atoms with van der Waals surface area (Å²) in [5, 5.41) is 13.9. The Morgan fingerprint density at radius 3 is 2.56 bits per heavy atom. The van der Waals surface area contributed by atoms with Gasteiger partial charge in [0.05, 0.1) is 12.9 Å². The number of methoxy groups -OCH3 is 1. The molecule has 0 amide bonds. The van der Waals surface area contributed by atoms with Crippen molar-refractivity contribution in [3.05, 3.63) is 71.0 Å². The van der Waals surface area contributed by atoms with E-state index in [0.29, 0.717) is 18.1 Å². The van der Waals surface area contributed by atoms with E-state index in [2.05, 4.69) is 39.6 Å². The molecular formula is C19H18N4O2S2. The maximum absolute atomic E-state index is 5.85. The molecule has 138 valence electrons. The molecule has 0 fully saturated rings. The highest BCUT2D eigenvalue weighted by Crippen LogP contribution is 2.27. The number of rotatable bonds is 8. The molecule has 2 aromatic heterocycles. The minimum absolute atomic E-state index is 0.366. The number of hydrogen-bond acceptors (Lipinski definition) is 7. The fourth-order valence-corrected chi connectivity index (χ4v) is 4.22. The molecule has 6 nitrogen and oxygen atoms in total. The molecule has 0 radical (unpaired) electrons. The number of para-hydroxylation sites is 2. The number of ether oxygens (including phenoxy) is 2. The predicted molar refractivity (Wildman–Crippen MR) is 107 cm³/mol. The topological polar surface area (TPSA) is 61.5 Å². The molecule has 0 spiro atoms. The van der Waals surface area contributed by atoms with E-state index in [1.54, 1.807) is 18.9 Å². The Bertz CT molecular complexity index is 1020. The van der Waals surface area contributed by atoms with Crippen LogP contribution in [0.15, 0.2) is 54.6 Å². The number of thioether (sulfide) groups is 1. The minimum Gasteiger partial charge on any atom is -0.493 e. The van der Waals surface area contributed by atoms with E-state index in [1.165, 1.54) is 16.9 Å². The van der Waals surface area contributed by atoms with E-state index >= 15 is 0 Å². The Balaban J connectivity index is 1.39. The van der Waals surface area contributed by atoms with Crippen molar-refractivity contribution in [2.75, 3.05) is 7.11 Å². The molecule has 0 unspecified atom stereocenters. The molecule has 0 N–H and O–H groups in total. The van der Waals surface area contributed by atoms with Crippen LogP contribution in [0.4, 0.5) is 0 Å². The van der Waals surface area contributed by atoms with Gasteiger partial charge in [0.15, 0.2) is 22.3 Å². The molecule has 0 aliphatic carbocycles. The smallest absolute Gasteiger partial charge is 0.234 e. The van der Waals surface area contributed by atoms with Gasteiger partial charge in [0, 0.05) is 5.75 Å². The number of nitrogens with zero attached hydrogens (tertiary/aromatic N) is 4. The lowest BCUT2D eigenvalue weighted by atomic mass is 10.2. The number of benzene rings is 2. The van der Waals surface area contributed by atoms with Crippen LogP contribution in [0, 0.1) is 0 Å². The van der Waals surface area contributed by atoms with Crippen LogP contribution in [-0.4, -0.2) is 26.9 Å². The van der Waals surface area contributed by atoms with E-state index in [9.17, 15) is 0 Å². The van der Waals surface area contributed by atoms with E-state index < -0.39 is 0 Å². The zero-order valence-electron chi connectivity index (χ0n) is 14.7. The van der Waals surface area contributed by atoms with Gasteiger partial charge in [-0.05, 0) is 17.7 Å². The normalized spacial score (nSPS) is 11.0. The first kappa shape index (κ1) is 17.8. The highest BCUT2D eigenvalue weighted by molar-refractivity contribution is 7.97. The molecule has 4 rings (SSSR count). The Hall–Kier alpha value is -2.58. The van der Waals surface area contributed by atoms with Crippen molar-refractivity contribution < 1.29 is 9.47 Å². The van der Waals surface area contributed by atoms with Crippen molar-refractivity contribution in [2.45, 2.75) is 18.1 Å². The lowest BCUT2D eigenvalue weighted by Crippen LogP contribution is -2.00. The largest absolute Gasteiger partial charge is 0.493 e. The maximum atomic E-state index is 5.85. The average Bonchev–Trinajstić information content (AvgIpc) is 3.28. The monoisotopic (exact) mass is 398 g/mol. The Labute approximate surface area is 165 Å². The first-order chi connectivity index (χ1) is 13.3. The zero-order chi connectivity index (χ0) is 18.5. The predicted octanol–water partition coefficient (Wildman–Crippen LogP) is 4.21. The van der Waals surface area contributed by atoms with Gasteiger partial charge in [-0.15, -0.1) is 22.0 Å². The summed E-state index contributed by atoms with van der Waals surface area (Å²) in [6, 6.07) is 18.0. The van der Waals surface area contributed by atoms with E-state index in [1.807, 2.05) is 34.8 Å². The van der Waals surface area contributed by atoms with Gasteiger partial charge in [0.25, 0.3) is 0 Å². The third kappa shape index (κ3) is 4.23. The van der Waals surface area contributed by atoms with Crippen molar-refractivity contribution in [1.29, 1.82) is 0 Å². The summed E-state index contributed by atoms with van der Waals surface area (Å²) in [7, 11) is 1.63. The van der Waals surface area contributed by atoms with Gasteiger partial charge in [-0.25, -0.2) is 0 Å². The van der Waals surface area contributed by atoms with Crippen LogP contribution in [0.2, 0.25) is 0 Å². The summed E-state index contributed by atoms with van der Waals surface area (Å²) < 4.78 is 13.0. The van der Waals surface area contributed by atoms with E-state index in [0.717, 1.165) is 27.3 Å². The lowest BCUT2D eigenvalue weighted by molar-refractivity contribution is 0.283. The molecule has 0 aliphatic heterocycles. The van der Waals surface area contributed by atoms with E-state index in [-0.39, 0.29) is 0 Å². The first-order valence-corrected chi connectivity index (χ1v) is 10.4. The highest BCUT2D eigenvalue weighted by atomic mass is 32.2. The summed E-state index contributed by atoms with van der Waals surface area (Å²) in [4.78, 5) is 0.781. The first-order valence-electron chi connectivity index (χ1n) is 8.41. The molecule has 0 aliphatic rings.